The predicted octanol–water partition coefficient (Wildman–Crippen LogP) is 3.55. The van der Waals surface area contributed by atoms with Crippen molar-refractivity contribution in [3.05, 3.63) is 94.5 Å². The first-order valence-electron chi connectivity index (χ1n) is 12.3. The van der Waals surface area contributed by atoms with Gasteiger partial charge in [-0.3, -0.25) is 19.3 Å². The van der Waals surface area contributed by atoms with E-state index in [-0.39, 0.29) is 34.2 Å². The third kappa shape index (κ3) is 6.23. The second-order valence-corrected chi connectivity index (χ2v) is 9.50. The van der Waals surface area contributed by atoms with E-state index in [1.807, 2.05) is 30.3 Å². The van der Waals surface area contributed by atoms with Crippen LogP contribution in [0, 0.1) is 0 Å². The maximum atomic E-state index is 14.3. The summed E-state index contributed by atoms with van der Waals surface area (Å²) in [6, 6.07) is 19.7. The predicted molar refractivity (Wildman–Crippen MR) is 155 cm³/mol. The molecule has 0 fully saturated rings. The number of rotatable bonds is 11. The molecule has 12 heteroatoms. The lowest BCUT2D eigenvalue weighted by Crippen LogP contribution is -2.44. The molecule has 0 aliphatic heterocycles. The van der Waals surface area contributed by atoms with Gasteiger partial charge in [-0.1, -0.05) is 42.5 Å². The van der Waals surface area contributed by atoms with Gasteiger partial charge in [0.25, 0.3) is 11.8 Å². The quantitative estimate of drug-likeness (QED) is 0.245. The zero-order chi connectivity index (χ0) is 29.5. The summed E-state index contributed by atoms with van der Waals surface area (Å²) in [6.07, 6.45) is 0. The fourth-order valence-electron chi connectivity index (χ4n) is 4.17. The third-order valence-electron chi connectivity index (χ3n) is 6.27. The molecule has 0 aliphatic rings. The van der Waals surface area contributed by atoms with E-state index in [1.54, 1.807) is 42.5 Å². The highest BCUT2D eigenvalue weighted by molar-refractivity contribution is 7.09. The fourth-order valence-corrected chi connectivity index (χ4v) is 4.92. The van der Waals surface area contributed by atoms with Gasteiger partial charge in [0.05, 0.1) is 32.7 Å². The first-order chi connectivity index (χ1) is 19.8. The van der Waals surface area contributed by atoms with Gasteiger partial charge in [0.15, 0.2) is 5.69 Å². The van der Waals surface area contributed by atoms with E-state index in [1.165, 1.54) is 26.2 Å². The van der Waals surface area contributed by atoms with E-state index in [0.717, 1.165) is 5.56 Å². The molecule has 0 saturated heterocycles. The molecule has 0 unspecified atom stereocenters. The molecule has 0 saturated carbocycles. The highest BCUT2D eigenvalue weighted by Crippen LogP contribution is 2.40. The average Bonchev–Trinajstić information content (AvgIpc) is 3.40. The van der Waals surface area contributed by atoms with Gasteiger partial charge in [-0.15, -0.1) is 0 Å². The number of carbonyl (C=O) groups excluding carboxylic acids is 3. The summed E-state index contributed by atoms with van der Waals surface area (Å²) < 4.78 is 20.3. The molecule has 212 valence electrons. The fraction of sp³-hybridized carbons (Fsp3) is 0.172. The number of nitrogens with two attached hydrogens (primary N) is 2. The molecule has 0 spiro atoms. The van der Waals surface area contributed by atoms with Crippen molar-refractivity contribution in [1.29, 1.82) is 0 Å². The second kappa shape index (κ2) is 12.8. The molecule has 4 aromatic rings. The minimum absolute atomic E-state index is 0.0713. The summed E-state index contributed by atoms with van der Waals surface area (Å²) in [5.74, 6) is -0.814. The van der Waals surface area contributed by atoms with Gasteiger partial charge in [0, 0.05) is 12.6 Å². The maximum Gasteiger partial charge on any atom is 0.273 e. The topological polar surface area (TPSA) is 159 Å². The van der Waals surface area contributed by atoms with Crippen LogP contribution in [0.15, 0.2) is 72.8 Å². The SMILES string of the molecule is COc1ccc([C@H](C(=O)NCc2ccccc2)N(C(=O)c2snc(C(N)=O)c2N)c2cc(OC)ccc2OC)cc1. The Bertz CT molecular complexity index is 1540. The number of methoxy groups -OCH3 is 3. The number of aromatic nitrogens is 1. The smallest absolute Gasteiger partial charge is 0.273 e. The van der Waals surface area contributed by atoms with E-state index >= 15 is 0 Å². The molecular formula is C29H29N5O6S. The number of hydrogen-bond donors (Lipinski definition) is 3. The van der Waals surface area contributed by atoms with Crippen LogP contribution in [0.2, 0.25) is 0 Å². The Morgan fingerprint density at radius 2 is 1.59 bits per heavy atom. The molecule has 0 aliphatic carbocycles. The van der Waals surface area contributed by atoms with Gasteiger partial charge in [-0.05, 0) is 46.9 Å². The van der Waals surface area contributed by atoms with Gasteiger partial charge >= 0.3 is 0 Å². The molecule has 4 rings (SSSR count). The van der Waals surface area contributed by atoms with Crippen molar-refractivity contribution >= 4 is 40.6 Å². The minimum Gasteiger partial charge on any atom is -0.497 e. The van der Waals surface area contributed by atoms with Gasteiger partial charge in [-0.25, -0.2) is 0 Å². The summed E-state index contributed by atoms with van der Waals surface area (Å²) in [6.45, 7) is 0.206. The van der Waals surface area contributed by atoms with Crippen LogP contribution in [0.5, 0.6) is 17.2 Å². The molecule has 5 N–H and O–H groups in total. The molecule has 1 heterocycles. The molecule has 3 amide bonds. The number of ether oxygens (including phenoxy) is 3. The van der Waals surface area contributed by atoms with Gasteiger partial charge in [0.1, 0.15) is 28.2 Å². The van der Waals surface area contributed by atoms with Crippen LogP contribution in [0.4, 0.5) is 11.4 Å². The average molecular weight is 576 g/mol. The number of benzene rings is 3. The first-order valence-corrected chi connectivity index (χ1v) is 13.1. The number of nitrogen functional groups attached to an aromatic ring is 1. The van der Waals surface area contributed by atoms with E-state index in [9.17, 15) is 14.4 Å². The summed E-state index contributed by atoms with van der Waals surface area (Å²) in [5, 5.41) is 2.93. The number of anilines is 2. The maximum absolute atomic E-state index is 14.3. The van der Waals surface area contributed by atoms with Crippen molar-refractivity contribution in [3.63, 3.8) is 0 Å². The lowest BCUT2D eigenvalue weighted by atomic mass is 10.0. The number of nitrogens with one attached hydrogen (secondary N) is 1. The molecule has 1 atom stereocenters. The first kappa shape index (κ1) is 28.9. The molecule has 0 bridgehead atoms. The van der Waals surface area contributed by atoms with Crippen LogP contribution in [0.3, 0.4) is 0 Å². The molecule has 3 aromatic carbocycles. The molecule has 41 heavy (non-hydrogen) atoms. The largest absolute Gasteiger partial charge is 0.497 e. The van der Waals surface area contributed by atoms with Crippen molar-refractivity contribution in [2.24, 2.45) is 5.73 Å². The number of primary amides is 1. The lowest BCUT2D eigenvalue weighted by molar-refractivity contribution is -0.122. The Morgan fingerprint density at radius 3 is 2.17 bits per heavy atom. The zero-order valence-corrected chi connectivity index (χ0v) is 23.4. The highest BCUT2D eigenvalue weighted by Gasteiger charge is 2.37. The Hall–Kier alpha value is -5.10. The molecule has 0 radical (unpaired) electrons. The Morgan fingerprint density at radius 1 is 0.927 bits per heavy atom. The number of carbonyl (C=O) groups is 3. The van der Waals surface area contributed by atoms with E-state index < -0.39 is 23.8 Å². The van der Waals surface area contributed by atoms with Crippen LogP contribution in [0.25, 0.3) is 0 Å². The number of hydrogen-bond acceptors (Lipinski definition) is 9. The van der Waals surface area contributed by atoms with Crippen LogP contribution < -0.4 is 35.9 Å². The van der Waals surface area contributed by atoms with Crippen LogP contribution in [-0.2, 0) is 11.3 Å². The zero-order valence-electron chi connectivity index (χ0n) is 22.6. The normalized spacial score (nSPS) is 11.3. The summed E-state index contributed by atoms with van der Waals surface area (Å²) in [5.41, 5.74) is 12.7. The Kier molecular flexibility index (Phi) is 9.05. The van der Waals surface area contributed by atoms with Crippen molar-refractivity contribution in [2.75, 3.05) is 32.0 Å². The highest BCUT2D eigenvalue weighted by atomic mass is 32.1. The van der Waals surface area contributed by atoms with Crippen molar-refractivity contribution in [2.45, 2.75) is 12.6 Å². The van der Waals surface area contributed by atoms with Crippen molar-refractivity contribution < 1.29 is 28.6 Å². The lowest BCUT2D eigenvalue weighted by Gasteiger charge is -2.32. The molecule has 1 aromatic heterocycles. The van der Waals surface area contributed by atoms with Crippen LogP contribution in [-0.4, -0.2) is 43.4 Å². The summed E-state index contributed by atoms with van der Waals surface area (Å²) in [4.78, 5) is 41.4. The Balaban J connectivity index is 1.91. The van der Waals surface area contributed by atoms with E-state index in [0.29, 0.717) is 28.6 Å². The Labute approximate surface area is 240 Å². The van der Waals surface area contributed by atoms with Gasteiger partial charge < -0.3 is 31.0 Å². The second-order valence-electron chi connectivity index (χ2n) is 8.73. The monoisotopic (exact) mass is 575 g/mol. The van der Waals surface area contributed by atoms with Crippen molar-refractivity contribution in [3.8, 4) is 17.2 Å². The minimum atomic E-state index is -1.23. The van der Waals surface area contributed by atoms with Gasteiger partial charge in [-0.2, -0.15) is 4.37 Å². The number of nitrogens with zero attached hydrogens (tertiary/aromatic N) is 2. The number of amides is 3. The van der Waals surface area contributed by atoms with Gasteiger partial charge in [0.2, 0.25) is 5.91 Å². The van der Waals surface area contributed by atoms with E-state index in [2.05, 4.69) is 9.69 Å². The molecule has 11 nitrogen and oxygen atoms in total. The van der Waals surface area contributed by atoms with Crippen molar-refractivity contribution in [1.82, 2.24) is 9.69 Å². The van der Waals surface area contributed by atoms with Crippen LogP contribution in [0.1, 0.15) is 37.3 Å². The van der Waals surface area contributed by atoms with Crippen LogP contribution >= 0.6 is 11.5 Å². The summed E-state index contributed by atoms with van der Waals surface area (Å²) >= 11 is 0.709. The third-order valence-corrected chi connectivity index (χ3v) is 7.12. The standard InChI is InChI=1S/C29H29N5O6S/c1-38-19-11-9-18(10-12-19)25(28(36)32-16-17-7-5-4-6-8-17)34(21-15-20(39-2)13-14-22(21)40-3)29(37)26-23(30)24(27(31)35)33-41-26/h4-15,25H,16,30H2,1-3H3,(H2,31,35)(H,32,36)/t25-/m1/s1. The molecular weight excluding hydrogens is 546 g/mol. The van der Waals surface area contributed by atoms with E-state index in [4.69, 9.17) is 25.7 Å². The summed E-state index contributed by atoms with van der Waals surface area (Å²) in [7, 11) is 4.45.